The first-order valence-corrected chi connectivity index (χ1v) is 9.21. The van der Waals surface area contributed by atoms with Crippen molar-refractivity contribution in [2.45, 2.75) is 23.2 Å². The highest BCUT2D eigenvalue weighted by atomic mass is 32.2. The number of amides is 1. The van der Waals surface area contributed by atoms with Crippen LogP contribution in [0.25, 0.3) is 6.08 Å². The highest BCUT2D eigenvalue weighted by Gasteiger charge is 2.28. The SMILES string of the molecule is O=C(C=Cc1ccc(SC(F)(F)F)cc1)NCCCCNc1ccccn1. The molecule has 0 aliphatic heterocycles. The second-order valence-electron chi connectivity index (χ2n) is 5.59. The van der Waals surface area contributed by atoms with Gasteiger partial charge in [-0.3, -0.25) is 4.79 Å². The quantitative estimate of drug-likeness (QED) is 0.367. The Bertz CT molecular complexity index is 734. The van der Waals surface area contributed by atoms with Crippen molar-refractivity contribution >= 4 is 29.6 Å². The number of rotatable bonds is 9. The number of hydrogen-bond acceptors (Lipinski definition) is 4. The van der Waals surface area contributed by atoms with Crippen LogP contribution in [0.3, 0.4) is 0 Å². The predicted molar refractivity (Wildman–Crippen MR) is 102 cm³/mol. The monoisotopic (exact) mass is 395 g/mol. The van der Waals surface area contributed by atoms with Gasteiger partial charge in [0, 0.05) is 30.3 Å². The maximum absolute atomic E-state index is 12.3. The van der Waals surface area contributed by atoms with Gasteiger partial charge in [0.2, 0.25) is 5.91 Å². The molecule has 144 valence electrons. The van der Waals surface area contributed by atoms with E-state index in [1.54, 1.807) is 24.4 Å². The van der Waals surface area contributed by atoms with Crippen LogP contribution in [-0.2, 0) is 4.79 Å². The summed E-state index contributed by atoms with van der Waals surface area (Å²) in [6.07, 6.45) is 6.37. The summed E-state index contributed by atoms with van der Waals surface area (Å²) < 4.78 is 36.8. The zero-order chi connectivity index (χ0) is 19.5. The van der Waals surface area contributed by atoms with E-state index in [2.05, 4.69) is 15.6 Å². The number of nitrogens with zero attached hydrogens (tertiary/aromatic N) is 1. The number of halogens is 3. The molecule has 0 aliphatic rings. The van der Waals surface area contributed by atoms with E-state index >= 15 is 0 Å². The number of carbonyl (C=O) groups excluding carboxylic acids is 1. The lowest BCUT2D eigenvalue weighted by atomic mass is 10.2. The van der Waals surface area contributed by atoms with Gasteiger partial charge < -0.3 is 10.6 Å². The van der Waals surface area contributed by atoms with Crippen molar-refractivity contribution in [3.8, 4) is 0 Å². The molecule has 27 heavy (non-hydrogen) atoms. The van der Waals surface area contributed by atoms with Gasteiger partial charge in [0.1, 0.15) is 5.82 Å². The Morgan fingerprint density at radius 2 is 1.81 bits per heavy atom. The van der Waals surface area contributed by atoms with Crippen LogP contribution in [0.4, 0.5) is 19.0 Å². The summed E-state index contributed by atoms with van der Waals surface area (Å²) in [6, 6.07) is 11.5. The van der Waals surface area contributed by atoms with Crippen molar-refractivity contribution in [3.63, 3.8) is 0 Å². The van der Waals surface area contributed by atoms with Gasteiger partial charge in [-0.2, -0.15) is 13.2 Å². The number of hydrogen-bond donors (Lipinski definition) is 2. The lowest BCUT2D eigenvalue weighted by Gasteiger charge is -2.06. The van der Waals surface area contributed by atoms with Crippen LogP contribution in [0.2, 0.25) is 0 Å². The smallest absolute Gasteiger partial charge is 0.370 e. The average molecular weight is 395 g/mol. The van der Waals surface area contributed by atoms with Gasteiger partial charge in [0.25, 0.3) is 0 Å². The molecule has 0 atom stereocenters. The summed E-state index contributed by atoms with van der Waals surface area (Å²) in [6.45, 7) is 1.32. The molecule has 1 aromatic carbocycles. The predicted octanol–water partition coefficient (Wildman–Crippen LogP) is 4.72. The number of benzene rings is 1. The van der Waals surface area contributed by atoms with Crippen molar-refractivity contribution in [3.05, 3.63) is 60.3 Å². The highest BCUT2D eigenvalue weighted by Crippen LogP contribution is 2.36. The van der Waals surface area contributed by atoms with Crippen LogP contribution in [0.15, 0.2) is 59.6 Å². The van der Waals surface area contributed by atoms with Gasteiger partial charge >= 0.3 is 5.51 Å². The third-order valence-corrected chi connectivity index (χ3v) is 4.15. The standard InChI is InChI=1S/C19H20F3N3OS/c20-19(21,22)27-16-9-6-15(7-10-16)8-11-18(26)25-14-4-3-13-24-17-5-1-2-12-23-17/h1-2,5-12H,3-4,13-14H2,(H,23,24)(H,25,26). The first-order chi connectivity index (χ1) is 12.9. The number of unbranched alkanes of at least 4 members (excludes halogenated alkanes) is 1. The highest BCUT2D eigenvalue weighted by molar-refractivity contribution is 8.00. The fraction of sp³-hybridized carbons (Fsp3) is 0.263. The molecule has 2 aromatic rings. The minimum Gasteiger partial charge on any atom is -0.370 e. The normalized spacial score (nSPS) is 11.5. The van der Waals surface area contributed by atoms with Crippen molar-refractivity contribution in [1.82, 2.24) is 10.3 Å². The van der Waals surface area contributed by atoms with Crippen LogP contribution >= 0.6 is 11.8 Å². The topological polar surface area (TPSA) is 54.0 Å². The molecular weight excluding hydrogens is 375 g/mol. The number of nitrogens with one attached hydrogen (secondary N) is 2. The molecule has 8 heteroatoms. The molecule has 0 unspecified atom stereocenters. The molecule has 0 saturated heterocycles. The fourth-order valence-corrected chi connectivity index (χ4v) is 2.70. The summed E-state index contributed by atoms with van der Waals surface area (Å²) in [5, 5.41) is 5.96. The van der Waals surface area contributed by atoms with E-state index in [0.717, 1.165) is 25.2 Å². The third-order valence-electron chi connectivity index (χ3n) is 3.41. The van der Waals surface area contributed by atoms with E-state index in [4.69, 9.17) is 0 Å². The maximum atomic E-state index is 12.3. The van der Waals surface area contributed by atoms with Crippen molar-refractivity contribution in [2.24, 2.45) is 0 Å². The molecule has 0 saturated carbocycles. The molecule has 0 bridgehead atoms. The van der Waals surface area contributed by atoms with Crippen LogP contribution in [0.5, 0.6) is 0 Å². The Morgan fingerprint density at radius 3 is 2.48 bits per heavy atom. The first kappa shape index (κ1) is 20.8. The van der Waals surface area contributed by atoms with E-state index in [1.807, 2.05) is 18.2 Å². The Morgan fingerprint density at radius 1 is 1.07 bits per heavy atom. The number of anilines is 1. The summed E-state index contributed by atoms with van der Waals surface area (Å²) in [7, 11) is 0. The van der Waals surface area contributed by atoms with E-state index in [1.165, 1.54) is 18.2 Å². The van der Waals surface area contributed by atoms with Crippen LogP contribution in [0, 0.1) is 0 Å². The molecule has 1 heterocycles. The minimum atomic E-state index is -4.30. The van der Waals surface area contributed by atoms with Crippen LogP contribution in [0.1, 0.15) is 18.4 Å². The molecule has 0 spiro atoms. The average Bonchev–Trinajstić information content (AvgIpc) is 2.63. The molecule has 4 nitrogen and oxygen atoms in total. The Balaban J connectivity index is 1.62. The van der Waals surface area contributed by atoms with Gasteiger partial charge in [0.15, 0.2) is 0 Å². The summed E-state index contributed by atoms with van der Waals surface area (Å²) in [5.74, 6) is 0.588. The van der Waals surface area contributed by atoms with Crippen molar-refractivity contribution in [1.29, 1.82) is 0 Å². The molecule has 1 amide bonds. The van der Waals surface area contributed by atoms with Crippen molar-refractivity contribution in [2.75, 3.05) is 18.4 Å². The number of aromatic nitrogens is 1. The van der Waals surface area contributed by atoms with E-state index in [9.17, 15) is 18.0 Å². The molecule has 0 radical (unpaired) electrons. The molecule has 2 N–H and O–H groups in total. The Labute approximate surface area is 160 Å². The number of thioether (sulfide) groups is 1. The van der Waals surface area contributed by atoms with Crippen LogP contribution in [-0.4, -0.2) is 29.5 Å². The first-order valence-electron chi connectivity index (χ1n) is 8.39. The van der Waals surface area contributed by atoms with Gasteiger partial charge in [-0.25, -0.2) is 4.98 Å². The molecule has 0 aliphatic carbocycles. The number of pyridine rings is 1. The van der Waals surface area contributed by atoms with Crippen molar-refractivity contribution < 1.29 is 18.0 Å². The fourth-order valence-electron chi connectivity index (χ4n) is 2.16. The summed E-state index contributed by atoms with van der Waals surface area (Å²) in [5.41, 5.74) is -3.64. The summed E-state index contributed by atoms with van der Waals surface area (Å²) >= 11 is -0.163. The second kappa shape index (κ2) is 10.6. The zero-order valence-corrected chi connectivity index (χ0v) is 15.3. The van der Waals surface area contributed by atoms with E-state index < -0.39 is 5.51 Å². The lowest BCUT2D eigenvalue weighted by Crippen LogP contribution is -2.22. The number of carbonyl (C=O) groups is 1. The molecule has 0 fully saturated rings. The van der Waals surface area contributed by atoms with Gasteiger partial charge in [0.05, 0.1) is 0 Å². The van der Waals surface area contributed by atoms with E-state index in [-0.39, 0.29) is 22.6 Å². The molecular formula is C19H20F3N3OS. The second-order valence-corrected chi connectivity index (χ2v) is 6.73. The third kappa shape index (κ3) is 9.14. The molecule has 1 aromatic heterocycles. The van der Waals surface area contributed by atoms with Gasteiger partial charge in [-0.05, 0) is 60.5 Å². The van der Waals surface area contributed by atoms with Crippen LogP contribution < -0.4 is 10.6 Å². The maximum Gasteiger partial charge on any atom is 0.446 e. The Hall–Kier alpha value is -2.48. The summed E-state index contributed by atoms with van der Waals surface area (Å²) in [4.78, 5) is 16.0. The Kier molecular flexibility index (Phi) is 8.19. The minimum absolute atomic E-state index is 0.114. The van der Waals surface area contributed by atoms with Gasteiger partial charge in [-0.1, -0.05) is 18.2 Å². The molecule has 2 rings (SSSR count). The van der Waals surface area contributed by atoms with Gasteiger partial charge in [-0.15, -0.1) is 0 Å². The largest absolute Gasteiger partial charge is 0.446 e. The number of alkyl halides is 3. The lowest BCUT2D eigenvalue weighted by molar-refractivity contribution is -0.116. The zero-order valence-electron chi connectivity index (χ0n) is 14.5. The van der Waals surface area contributed by atoms with E-state index in [0.29, 0.717) is 12.1 Å².